The number of nitrogens with zero attached hydrogens (tertiary/aromatic N) is 1. The molecule has 0 bridgehead atoms. The van der Waals surface area contributed by atoms with Crippen LogP contribution < -0.4 is 24.4 Å². The summed E-state index contributed by atoms with van der Waals surface area (Å²) in [7, 11) is 1.46. The van der Waals surface area contributed by atoms with Gasteiger partial charge in [-0.05, 0) is 42.8 Å². The number of benzene rings is 2. The zero-order valence-electron chi connectivity index (χ0n) is 17.8. The molecule has 1 fully saturated rings. The molecule has 0 aromatic heterocycles. The molecular weight excluding hydrogens is 416 g/mol. The van der Waals surface area contributed by atoms with E-state index in [1.165, 1.54) is 25.3 Å². The molecule has 0 aliphatic carbocycles. The van der Waals surface area contributed by atoms with E-state index < -0.39 is 23.8 Å². The normalized spacial score (nSPS) is 14.9. The van der Waals surface area contributed by atoms with Crippen LogP contribution in [0.4, 0.5) is 10.5 Å². The van der Waals surface area contributed by atoms with Crippen LogP contribution in [0.5, 0.6) is 17.2 Å². The Kier molecular flexibility index (Phi) is 6.89. The van der Waals surface area contributed by atoms with Crippen molar-refractivity contribution >= 4 is 35.6 Å². The van der Waals surface area contributed by atoms with Crippen LogP contribution in [0.2, 0.25) is 0 Å². The molecule has 1 aliphatic rings. The number of anilines is 1. The van der Waals surface area contributed by atoms with Crippen molar-refractivity contribution in [2.75, 3.05) is 18.6 Å². The first-order valence-electron chi connectivity index (χ1n) is 9.91. The number of hydrogen-bond acceptors (Lipinski definition) is 7. The minimum atomic E-state index is -0.859. The van der Waals surface area contributed by atoms with Crippen LogP contribution in [0.3, 0.4) is 0 Å². The summed E-state index contributed by atoms with van der Waals surface area (Å²) >= 11 is 0. The number of hydrogen-bond donors (Lipinski definition) is 1. The fourth-order valence-corrected chi connectivity index (χ4v) is 2.97. The second kappa shape index (κ2) is 9.78. The van der Waals surface area contributed by atoms with Crippen LogP contribution in [0.15, 0.2) is 48.0 Å². The fourth-order valence-electron chi connectivity index (χ4n) is 2.97. The maximum Gasteiger partial charge on any atom is 0.335 e. The van der Waals surface area contributed by atoms with E-state index in [-0.39, 0.29) is 29.2 Å². The zero-order chi connectivity index (χ0) is 23.3. The molecule has 1 aliphatic heterocycles. The number of carbonyl (C=O) groups is 4. The lowest BCUT2D eigenvalue weighted by Gasteiger charge is -2.26. The number of barbiturate groups is 1. The van der Waals surface area contributed by atoms with Crippen molar-refractivity contribution < 1.29 is 33.4 Å². The highest BCUT2D eigenvalue weighted by atomic mass is 16.6. The van der Waals surface area contributed by atoms with Gasteiger partial charge in [0.15, 0.2) is 11.5 Å². The first kappa shape index (κ1) is 22.5. The van der Waals surface area contributed by atoms with Crippen LogP contribution in [-0.2, 0) is 14.4 Å². The third-order valence-electron chi connectivity index (χ3n) is 4.50. The highest BCUT2D eigenvalue weighted by Crippen LogP contribution is 2.31. The number of imide groups is 2. The molecule has 1 saturated heterocycles. The largest absolute Gasteiger partial charge is 0.497 e. The third-order valence-corrected chi connectivity index (χ3v) is 4.50. The minimum Gasteiger partial charge on any atom is -0.497 e. The van der Waals surface area contributed by atoms with Gasteiger partial charge in [-0.2, -0.15) is 0 Å². The van der Waals surface area contributed by atoms with E-state index >= 15 is 0 Å². The quantitative estimate of drug-likeness (QED) is 0.306. The van der Waals surface area contributed by atoms with Crippen molar-refractivity contribution in [2.45, 2.75) is 20.3 Å². The smallest absolute Gasteiger partial charge is 0.335 e. The molecule has 0 radical (unpaired) electrons. The molecule has 2 aromatic rings. The number of esters is 1. The lowest BCUT2D eigenvalue weighted by atomic mass is 10.1. The molecule has 1 heterocycles. The molecule has 3 rings (SSSR count). The zero-order valence-corrected chi connectivity index (χ0v) is 17.8. The first-order chi connectivity index (χ1) is 15.4. The predicted octanol–water partition coefficient (Wildman–Crippen LogP) is 3.08. The Labute approximate surface area is 184 Å². The Morgan fingerprint density at radius 2 is 1.84 bits per heavy atom. The fraction of sp³-hybridized carbons (Fsp3) is 0.217. The number of amides is 4. The van der Waals surface area contributed by atoms with Gasteiger partial charge in [-0.15, -0.1) is 0 Å². The van der Waals surface area contributed by atoms with Gasteiger partial charge in [-0.25, -0.2) is 9.69 Å². The van der Waals surface area contributed by atoms with Gasteiger partial charge in [-0.3, -0.25) is 19.7 Å². The Balaban J connectivity index is 1.98. The summed E-state index contributed by atoms with van der Waals surface area (Å²) < 4.78 is 15.9. The molecular formula is C23H22N2O7. The van der Waals surface area contributed by atoms with Gasteiger partial charge < -0.3 is 14.2 Å². The van der Waals surface area contributed by atoms with Gasteiger partial charge >= 0.3 is 12.0 Å². The van der Waals surface area contributed by atoms with Crippen LogP contribution in [-0.4, -0.2) is 37.5 Å². The summed E-state index contributed by atoms with van der Waals surface area (Å²) in [4.78, 5) is 50.3. The number of carbonyl (C=O) groups excluding carboxylic acids is 4. The number of urea groups is 1. The van der Waals surface area contributed by atoms with E-state index in [0.717, 1.165) is 4.90 Å². The van der Waals surface area contributed by atoms with Gasteiger partial charge in [0.05, 0.1) is 19.4 Å². The van der Waals surface area contributed by atoms with Crippen molar-refractivity contribution in [3.63, 3.8) is 0 Å². The summed E-state index contributed by atoms with van der Waals surface area (Å²) in [5.41, 5.74) is 0.457. The molecule has 0 unspecified atom stereocenters. The van der Waals surface area contributed by atoms with Crippen LogP contribution in [0.1, 0.15) is 25.8 Å². The Hall–Kier alpha value is -4.14. The number of nitrogens with one attached hydrogen (secondary N) is 1. The molecule has 0 spiro atoms. The van der Waals surface area contributed by atoms with Gasteiger partial charge in [0, 0.05) is 12.5 Å². The number of rotatable bonds is 7. The van der Waals surface area contributed by atoms with Crippen LogP contribution in [0.25, 0.3) is 6.08 Å². The van der Waals surface area contributed by atoms with Crippen molar-refractivity contribution in [1.29, 1.82) is 0 Å². The number of methoxy groups -OCH3 is 1. The van der Waals surface area contributed by atoms with E-state index in [4.69, 9.17) is 14.2 Å². The maximum absolute atomic E-state index is 13.0. The molecule has 0 saturated carbocycles. The van der Waals surface area contributed by atoms with Gasteiger partial charge in [-0.1, -0.05) is 19.1 Å². The number of ether oxygens (including phenoxy) is 3. The van der Waals surface area contributed by atoms with Gasteiger partial charge in [0.25, 0.3) is 11.8 Å². The second-order valence-corrected chi connectivity index (χ2v) is 6.63. The topological polar surface area (TPSA) is 111 Å². The summed E-state index contributed by atoms with van der Waals surface area (Å²) in [5, 5.41) is 2.17. The lowest BCUT2D eigenvalue weighted by molar-refractivity contribution is -0.134. The molecule has 9 heteroatoms. The molecule has 4 amide bonds. The van der Waals surface area contributed by atoms with E-state index in [2.05, 4.69) is 5.32 Å². The van der Waals surface area contributed by atoms with Crippen LogP contribution in [0, 0.1) is 0 Å². The van der Waals surface area contributed by atoms with Crippen molar-refractivity contribution in [3.8, 4) is 17.2 Å². The Morgan fingerprint density at radius 1 is 1.06 bits per heavy atom. The molecule has 2 aromatic carbocycles. The van der Waals surface area contributed by atoms with E-state index in [1.54, 1.807) is 44.2 Å². The SMILES string of the molecule is CCOc1cc(/C=C2/C(=O)NC(=O)N(c3cccc(OC)c3)C2=O)ccc1OC(=O)CC. The van der Waals surface area contributed by atoms with Crippen molar-refractivity contribution in [1.82, 2.24) is 5.32 Å². The summed E-state index contributed by atoms with van der Waals surface area (Å²) in [6.07, 6.45) is 1.53. The molecule has 166 valence electrons. The summed E-state index contributed by atoms with van der Waals surface area (Å²) in [6, 6.07) is 10.1. The molecule has 0 atom stereocenters. The summed E-state index contributed by atoms with van der Waals surface area (Å²) in [6.45, 7) is 3.75. The molecule has 32 heavy (non-hydrogen) atoms. The van der Waals surface area contributed by atoms with Crippen LogP contribution >= 0.6 is 0 Å². The van der Waals surface area contributed by atoms with Gasteiger partial charge in [0.2, 0.25) is 0 Å². The standard InChI is InChI=1S/C23H22N2O7/c1-4-20(26)32-18-10-9-14(12-19(18)31-5-2)11-17-21(27)24-23(29)25(22(17)28)15-7-6-8-16(13-15)30-3/h6-13H,4-5H2,1-3H3,(H,24,27,29)/b17-11-. The highest BCUT2D eigenvalue weighted by Gasteiger charge is 2.37. The lowest BCUT2D eigenvalue weighted by Crippen LogP contribution is -2.54. The monoisotopic (exact) mass is 438 g/mol. The van der Waals surface area contributed by atoms with E-state index in [9.17, 15) is 19.2 Å². The summed E-state index contributed by atoms with van der Waals surface area (Å²) in [5.74, 6) is -1.07. The van der Waals surface area contributed by atoms with E-state index in [1.807, 2.05) is 0 Å². The maximum atomic E-state index is 13.0. The van der Waals surface area contributed by atoms with Crippen molar-refractivity contribution in [3.05, 3.63) is 53.6 Å². The molecule has 9 nitrogen and oxygen atoms in total. The van der Waals surface area contributed by atoms with E-state index in [0.29, 0.717) is 17.9 Å². The highest BCUT2D eigenvalue weighted by molar-refractivity contribution is 6.39. The average Bonchev–Trinajstić information content (AvgIpc) is 2.78. The second-order valence-electron chi connectivity index (χ2n) is 6.63. The Bertz CT molecular complexity index is 1110. The average molecular weight is 438 g/mol. The third kappa shape index (κ3) is 4.77. The van der Waals surface area contributed by atoms with Gasteiger partial charge in [0.1, 0.15) is 11.3 Å². The Morgan fingerprint density at radius 3 is 2.53 bits per heavy atom. The van der Waals surface area contributed by atoms with Crippen molar-refractivity contribution in [2.24, 2.45) is 0 Å². The predicted molar refractivity (Wildman–Crippen MR) is 116 cm³/mol. The first-order valence-corrected chi connectivity index (χ1v) is 9.91. The minimum absolute atomic E-state index is 0.195. The molecule has 1 N–H and O–H groups in total.